The molecule has 0 saturated heterocycles. The highest BCUT2D eigenvalue weighted by atomic mass is 35.5. The van der Waals surface area contributed by atoms with Gasteiger partial charge in [0.15, 0.2) is 17.7 Å². The largest absolute Gasteiger partial charge is 0.490 e. The van der Waals surface area contributed by atoms with Crippen LogP contribution in [0.3, 0.4) is 0 Å². The van der Waals surface area contributed by atoms with Crippen LogP contribution in [0.1, 0.15) is 53.3 Å². The van der Waals surface area contributed by atoms with Crippen LogP contribution in [0.2, 0.25) is 5.02 Å². The highest BCUT2D eigenvalue weighted by Crippen LogP contribution is 2.43. The van der Waals surface area contributed by atoms with Crippen molar-refractivity contribution in [3.8, 4) is 5.75 Å². The van der Waals surface area contributed by atoms with E-state index in [1.54, 1.807) is 6.20 Å². The molecule has 0 bridgehead atoms. The molecule has 138 valence electrons. The Morgan fingerprint density at radius 2 is 2.15 bits per heavy atom. The predicted molar refractivity (Wildman–Crippen MR) is 90.9 cm³/mol. The van der Waals surface area contributed by atoms with Gasteiger partial charge in [-0.25, -0.2) is 4.98 Å². The number of aromatic nitrogens is 3. The van der Waals surface area contributed by atoms with Gasteiger partial charge in [-0.1, -0.05) is 24.4 Å². The van der Waals surface area contributed by atoms with Crippen LogP contribution >= 0.6 is 11.6 Å². The summed E-state index contributed by atoms with van der Waals surface area (Å²) in [5, 5.41) is 4.13. The zero-order valence-electron chi connectivity index (χ0n) is 14.0. The third kappa shape index (κ3) is 2.88. The van der Waals surface area contributed by atoms with Crippen molar-refractivity contribution in [3.05, 3.63) is 40.4 Å². The maximum Gasteiger partial charge on any atom is 0.312 e. The molecule has 0 radical (unpaired) electrons. The minimum Gasteiger partial charge on any atom is -0.490 e. The van der Waals surface area contributed by atoms with E-state index < -0.39 is 18.2 Å². The Kier molecular flexibility index (Phi) is 4.42. The van der Waals surface area contributed by atoms with Crippen LogP contribution in [-0.2, 0) is 12.5 Å². The van der Waals surface area contributed by atoms with Gasteiger partial charge < -0.3 is 4.74 Å². The van der Waals surface area contributed by atoms with Crippen LogP contribution in [0, 0.1) is 5.92 Å². The summed E-state index contributed by atoms with van der Waals surface area (Å²) in [6, 6.07) is 1.81. The van der Waals surface area contributed by atoms with E-state index in [4.69, 9.17) is 16.3 Å². The Bertz CT molecular complexity index is 840. The fraction of sp³-hybridized carbons (Fsp3) is 0.500. The third-order valence-corrected chi connectivity index (χ3v) is 5.62. The van der Waals surface area contributed by atoms with E-state index in [0.717, 1.165) is 37.6 Å². The number of carbonyl (C=O) groups excluding carboxylic acids is 1. The summed E-state index contributed by atoms with van der Waals surface area (Å²) in [6.45, 7) is -0.413. The molecule has 0 spiro atoms. The van der Waals surface area contributed by atoms with Gasteiger partial charge in [0.2, 0.25) is 0 Å². The Morgan fingerprint density at radius 1 is 1.35 bits per heavy atom. The van der Waals surface area contributed by atoms with Crippen molar-refractivity contribution in [1.29, 1.82) is 0 Å². The number of ether oxygens (including phenoxy) is 1. The molecule has 1 saturated carbocycles. The quantitative estimate of drug-likeness (QED) is 0.694. The molecule has 0 N–H and O–H groups in total. The molecule has 2 aromatic heterocycles. The Morgan fingerprint density at radius 3 is 2.96 bits per heavy atom. The number of pyridine rings is 1. The Labute approximate surface area is 154 Å². The maximum atomic E-state index is 15.0. The van der Waals surface area contributed by atoms with Gasteiger partial charge in [-0.05, 0) is 18.9 Å². The van der Waals surface area contributed by atoms with E-state index in [1.165, 1.54) is 4.68 Å². The highest BCUT2D eigenvalue weighted by Gasteiger charge is 2.42. The fourth-order valence-electron chi connectivity index (χ4n) is 4.04. The van der Waals surface area contributed by atoms with Crippen LogP contribution in [0.5, 0.6) is 5.75 Å². The molecule has 1 fully saturated rings. The number of hydrogen-bond acceptors (Lipinski definition) is 4. The summed E-state index contributed by atoms with van der Waals surface area (Å²) in [5.74, 6) is -3.29. The summed E-state index contributed by atoms with van der Waals surface area (Å²) in [4.78, 5) is 15.3. The molecule has 8 heteroatoms. The average molecular weight is 382 g/mol. The first-order valence-electron chi connectivity index (χ1n) is 8.67. The number of nitrogens with zero attached hydrogens (tertiary/aromatic N) is 3. The predicted octanol–water partition coefficient (Wildman–Crippen LogP) is 4.20. The second kappa shape index (κ2) is 6.61. The van der Waals surface area contributed by atoms with Crippen molar-refractivity contribution in [3.63, 3.8) is 0 Å². The Hall–Kier alpha value is -2.02. The molecule has 5 nitrogen and oxygen atoms in total. The number of alkyl halides is 2. The van der Waals surface area contributed by atoms with Gasteiger partial charge >= 0.3 is 5.92 Å². The lowest BCUT2D eigenvalue weighted by Gasteiger charge is -2.34. The lowest BCUT2D eigenvalue weighted by Crippen LogP contribution is -2.32. The van der Waals surface area contributed by atoms with E-state index in [1.807, 2.05) is 6.07 Å². The highest BCUT2D eigenvalue weighted by molar-refractivity contribution is 6.33. The summed E-state index contributed by atoms with van der Waals surface area (Å²) in [7, 11) is 0. The van der Waals surface area contributed by atoms with Crippen LogP contribution in [0.25, 0.3) is 0 Å². The number of hydrogen-bond donors (Lipinski definition) is 0. The smallest absolute Gasteiger partial charge is 0.312 e. The topological polar surface area (TPSA) is 57.0 Å². The SMILES string of the molecule is O=Cc1c(Cl)cnc2c1OCC1CCCCC1c1ccnn1CC2(F)F. The normalized spacial score (nSPS) is 24.6. The molecule has 26 heavy (non-hydrogen) atoms. The van der Waals surface area contributed by atoms with Gasteiger partial charge in [0.1, 0.15) is 6.54 Å². The third-order valence-electron chi connectivity index (χ3n) is 5.32. The van der Waals surface area contributed by atoms with Crippen molar-refractivity contribution in [1.82, 2.24) is 14.8 Å². The van der Waals surface area contributed by atoms with Crippen molar-refractivity contribution in [2.45, 2.75) is 44.1 Å². The van der Waals surface area contributed by atoms with Gasteiger partial charge in [0.05, 0.1) is 17.2 Å². The molecular weight excluding hydrogens is 364 g/mol. The molecular formula is C18H18ClF2N3O2. The van der Waals surface area contributed by atoms with Crippen LogP contribution in [0.15, 0.2) is 18.5 Å². The van der Waals surface area contributed by atoms with Gasteiger partial charge in [-0.15, -0.1) is 0 Å². The maximum absolute atomic E-state index is 15.0. The van der Waals surface area contributed by atoms with E-state index in [2.05, 4.69) is 10.1 Å². The lowest BCUT2D eigenvalue weighted by molar-refractivity contribution is -0.0355. The second-order valence-electron chi connectivity index (χ2n) is 6.90. The summed E-state index contributed by atoms with van der Waals surface area (Å²) < 4.78 is 37.2. The van der Waals surface area contributed by atoms with Gasteiger partial charge in [0.25, 0.3) is 0 Å². The number of halogens is 3. The molecule has 3 heterocycles. The number of carbonyl (C=O) groups is 1. The fourth-order valence-corrected chi connectivity index (χ4v) is 4.22. The number of aldehydes is 1. The second-order valence-corrected chi connectivity index (χ2v) is 7.30. The molecule has 0 aromatic carbocycles. The van der Waals surface area contributed by atoms with E-state index in [9.17, 15) is 4.79 Å². The first-order valence-corrected chi connectivity index (χ1v) is 9.05. The molecule has 2 unspecified atom stereocenters. The zero-order chi connectivity index (χ0) is 18.3. The first kappa shape index (κ1) is 17.4. The standard InChI is InChI=1S/C18H18ClF2N3O2/c19-14-7-22-17-16(13(14)8-25)26-9-11-3-1-2-4-12(11)15-5-6-23-24(15)10-18(17,20)21/h5-8,11-12H,1-4,9-10H2. The molecule has 1 aliphatic heterocycles. The van der Waals surface area contributed by atoms with Crippen LogP contribution in [-0.4, -0.2) is 27.7 Å². The van der Waals surface area contributed by atoms with Crippen LogP contribution < -0.4 is 4.74 Å². The number of rotatable bonds is 1. The first-order chi connectivity index (χ1) is 12.5. The molecule has 2 aliphatic rings. The molecule has 0 amide bonds. The molecule has 2 atom stereocenters. The molecule has 2 aromatic rings. The monoisotopic (exact) mass is 381 g/mol. The number of fused-ring (bicyclic) bond motifs is 4. The Balaban J connectivity index is 1.86. The van der Waals surface area contributed by atoms with Crippen molar-refractivity contribution >= 4 is 17.9 Å². The lowest BCUT2D eigenvalue weighted by atomic mass is 9.77. The summed E-state index contributed by atoms with van der Waals surface area (Å²) >= 11 is 5.99. The minimum atomic E-state index is -3.35. The van der Waals surface area contributed by atoms with Crippen molar-refractivity contribution < 1.29 is 18.3 Å². The summed E-state index contributed by atoms with van der Waals surface area (Å²) in [5.41, 5.74) is 0.163. The minimum absolute atomic E-state index is 0.00609. The van der Waals surface area contributed by atoms with Crippen molar-refractivity contribution in [2.75, 3.05) is 6.61 Å². The zero-order valence-corrected chi connectivity index (χ0v) is 14.8. The molecule has 1 aliphatic carbocycles. The van der Waals surface area contributed by atoms with Gasteiger partial charge in [0, 0.05) is 29.9 Å². The summed E-state index contributed by atoms with van der Waals surface area (Å²) in [6.07, 6.45) is 7.03. The van der Waals surface area contributed by atoms with E-state index >= 15 is 8.78 Å². The van der Waals surface area contributed by atoms with Gasteiger partial charge in [-0.2, -0.15) is 13.9 Å². The van der Waals surface area contributed by atoms with Gasteiger partial charge in [-0.3, -0.25) is 9.48 Å². The van der Waals surface area contributed by atoms with E-state index in [0.29, 0.717) is 6.29 Å². The average Bonchev–Trinajstić information content (AvgIpc) is 3.06. The van der Waals surface area contributed by atoms with Crippen molar-refractivity contribution in [2.24, 2.45) is 5.92 Å². The molecule has 4 rings (SSSR count). The van der Waals surface area contributed by atoms with E-state index in [-0.39, 0.29) is 34.8 Å². The van der Waals surface area contributed by atoms with Crippen LogP contribution in [0.4, 0.5) is 8.78 Å².